The molecular weight excluding hydrogens is 392 g/mol. The zero-order valence-corrected chi connectivity index (χ0v) is 15.1. The van der Waals surface area contributed by atoms with Crippen molar-refractivity contribution >= 4 is 27.8 Å². The first kappa shape index (κ1) is 18.7. The zero-order valence-electron chi connectivity index (χ0n) is 13.6. The van der Waals surface area contributed by atoms with Crippen LogP contribution in [-0.2, 0) is 9.53 Å². The molecule has 1 heterocycles. The first-order valence-corrected chi connectivity index (χ1v) is 8.24. The van der Waals surface area contributed by atoms with E-state index >= 15 is 0 Å². The summed E-state index contributed by atoms with van der Waals surface area (Å²) in [6.45, 7) is 0.193. The summed E-state index contributed by atoms with van der Waals surface area (Å²) in [6.07, 6.45) is 1.18. The van der Waals surface area contributed by atoms with Crippen LogP contribution in [0.2, 0.25) is 0 Å². The summed E-state index contributed by atoms with van der Waals surface area (Å²) in [6, 6.07) is 11.7. The Morgan fingerprint density at radius 2 is 1.92 bits per heavy atom. The number of hydrogen-bond acceptors (Lipinski definition) is 5. The lowest BCUT2D eigenvalue weighted by molar-refractivity contribution is -0.608. The van der Waals surface area contributed by atoms with Gasteiger partial charge in [-0.1, -0.05) is 15.9 Å². The van der Waals surface area contributed by atoms with Crippen LogP contribution in [0, 0.1) is 5.21 Å². The number of pyridine rings is 1. The van der Waals surface area contributed by atoms with Crippen LogP contribution >= 0.6 is 15.9 Å². The second-order valence-corrected chi connectivity index (χ2v) is 6.02. The Labute approximate surface area is 153 Å². The van der Waals surface area contributed by atoms with E-state index in [0.29, 0.717) is 23.6 Å². The predicted octanol–water partition coefficient (Wildman–Crippen LogP) is 1.78. The predicted molar refractivity (Wildman–Crippen MR) is 93.0 cm³/mol. The molecule has 0 atom stereocenters. The monoisotopic (exact) mass is 408 g/mol. The van der Waals surface area contributed by atoms with E-state index in [4.69, 9.17) is 9.47 Å². The fraction of sp³-hybridized carbons (Fsp3) is 0.235. The van der Waals surface area contributed by atoms with Gasteiger partial charge in [-0.3, -0.25) is 4.79 Å². The molecule has 0 aliphatic heterocycles. The molecule has 0 fully saturated rings. The highest BCUT2D eigenvalue weighted by atomic mass is 79.9. The Bertz CT molecular complexity index is 736. The number of nitrogens with zero attached hydrogens (tertiary/aromatic N) is 2. The van der Waals surface area contributed by atoms with E-state index in [1.807, 2.05) is 24.3 Å². The summed E-state index contributed by atoms with van der Waals surface area (Å²) < 4.78 is 11.7. The molecule has 0 saturated heterocycles. The van der Waals surface area contributed by atoms with Crippen molar-refractivity contribution in [1.29, 1.82) is 0 Å². The number of rotatable bonds is 7. The zero-order chi connectivity index (χ0) is 18.2. The number of halogens is 1. The van der Waals surface area contributed by atoms with Crippen molar-refractivity contribution in [2.45, 2.75) is 0 Å². The Hall–Kier alpha value is -2.61. The van der Waals surface area contributed by atoms with E-state index in [9.17, 15) is 14.8 Å². The minimum atomic E-state index is -0.844. The Morgan fingerprint density at radius 1 is 1.20 bits per heavy atom. The van der Waals surface area contributed by atoms with Gasteiger partial charge in [0.1, 0.15) is 12.4 Å². The summed E-state index contributed by atoms with van der Waals surface area (Å²) >= 11 is 3.34. The van der Waals surface area contributed by atoms with Gasteiger partial charge >= 0.3 is 11.7 Å². The van der Waals surface area contributed by atoms with Gasteiger partial charge in [-0.05, 0) is 30.3 Å². The topological polar surface area (TPSA) is 82.8 Å². The summed E-state index contributed by atoms with van der Waals surface area (Å²) in [5.74, 6) is -0.538. The number of carbonyl (C=O) groups excluding carboxylic acids is 2. The van der Waals surface area contributed by atoms with Gasteiger partial charge in [-0.25, -0.2) is 4.79 Å². The lowest BCUT2D eigenvalue weighted by Gasteiger charge is -2.17. The number of benzene rings is 1. The lowest BCUT2D eigenvalue weighted by Crippen LogP contribution is -2.37. The second kappa shape index (κ2) is 9.03. The molecule has 0 aliphatic carbocycles. The maximum Gasteiger partial charge on any atom is 0.405 e. The Kier molecular flexibility index (Phi) is 6.76. The van der Waals surface area contributed by atoms with Crippen LogP contribution in [0.15, 0.2) is 53.1 Å². The second-order valence-electron chi connectivity index (χ2n) is 5.11. The molecular formula is C17H17BrN2O5. The van der Waals surface area contributed by atoms with Crippen molar-refractivity contribution in [2.75, 3.05) is 26.8 Å². The SMILES string of the molecule is CN(CCOc1ccc(Br)cc1)C(=O)COC(=O)c1cccc[n+]1[O-]. The summed E-state index contributed by atoms with van der Waals surface area (Å²) in [5.41, 5.74) is -0.170. The minimum Gasteiger partial charge on any atom is -0.618 e. The molecule has 0 spiro atoms. The first-order chi connectivity index (χ1) is 12.0. The molecule has 1 aromatic heterocycles. The molecule has 2 aromatic rings. The van der Waals surface area contributed by atoms with Crippen molar-refractivity contribution in [3.05, 3.63) is 64.0 Å². The van der Waals surface area contributed by atoms with Crippen LogP contribution < -0.4 is 9.47 Å². The van der Waals surface area contributed by atoms with Gasteiger partial charge in [-0.2, -0.15) is 4.73 Å². The first-order valence-electron chi connectivity index (χ1n) is 7.45. The van der Waals surface area contributed by atoms with Gasteiger partial charge in [0.05, 0.1) is 6.54 Å². The molecule has 0 aliphatic rings. The highest BCUT2D eigenvalue weighted by Crippen LogP contribution is 2.15. The summed E-state index contributed by atoms with van der Waals surface area (Å²) in [7, 11) is 1.58. The molecule has 7 nitrogen and oxygen atoms in total. The van der Waals surface area contributed by atoms with E-state index in [1.165, 1.54) is 23.2 Å². The third-order valence-corrected chi connectivity index (χ3v) is 3.82. The van der Waals surface area contributed by atoms with Crippen molar-refractivity contribution in [1.82, 2.24) is 4.90 Å². The quantitative estimate of drug-likeness (QED) is 0.396. The summed E-state index contributed by atoms with van der Waals surface area (Å²) in [5, 5.41) is 11.4. The highest BCUT2D eigenvalue weighted by molar-refractivity contribution is 9.10. The largest absolute Gasteiger partial charge is 0.618 e. The average molecular weight is 409 g/mol. The molecule has 25 heavy (non-hydrogen) atoms. The number of likely N-dealkylation sites (N-methyl/N-ethyl adjacent to an activating group) is 1. The molecule has 132 valence electrons. The molecule has 0 N–H and O–H groups in total. The van der Waals surface area contributed by atoms with Gasteiger partial charge in [-0.15, -0.1) is 0 Å². The van der Waals surface area contributed by atoms with Gasteiger partial charge in [0.15, 0.2) is 12.8 Å². The fourth-order valence-corrected chi connectivity index (χ4v) is 2.12. The number of amides is 1. The third kappa shape index (κ3) is 5.75. The van der Waals surface area contributed by atoms with Crippen LogP contribution in [0.25, 0.3) is 0 Å². The van der Waals surface area contributed by atoms with E-state index in [1.54, 1.807) is 13.1 Å². The summed E-state index contributed by atoms with van der Waals surface area (Å²) in [4.78, 5) is 25.1. The van der Waals surface area contributed by atoms with Gasteiger partial charge in [0.25, 0.3) is 5.91 Å². The fourth-order valence-electron chi connectivity index (χ4n) is 1.85. The van der Waals surface area contributed by atoms with Crippen molar-refractivity contribution < 1.29 is 23.8 Å². The number of carbonyl (C=O) groups is 2. The van der Waals surface area contributed by atoms with Crippen molar-refractivity contribution in [3.63, 3.8) is 0 Å². The van der Waals surface area contributed by atoms with Crippen LogP contribution in [0.1, 0.15) is 10.5 Å². The number of esters is 1. The van der Waals surface area contributed by atoms with Crippen LogP contribution in [0.3, 0.4) is 0 Å². The molecule has 0 saturated carbocycles. The maximum atomic E-state index is 12.0. The van der Waals surface area contributed by atoms with Gasteiger partial charge < -0.3 is 19.6 Å². The van der Waals surface area contributed by atoms with E-state index in [-0.39, 0.29) is 11.6 Å². The van der Waals surface area contributed by atoms with Crippen LogP contribution in [-0.4, -0.2) is 43.6 Å². The number of aromatic nitrogens is 1. The molecule has 1 amide bonds. The minimum absolute atomic E-state index is 0.170. The normalized spacial score (nSPS) is 10.2. The lowest BCUT2D eigenvalue weighted by atomic mass is 10.3. The van der Waals surface area contributed by atoms with Gasteiger partial charge in [0.2, 0.25) is 0 Å². The number of hydrogen-bond donors (Lipinski definition) is 0. The Morgan fingerprint density at radius 3 is 2.60 bits per heavy atom. The standard InChI is InChI=1S/C17H17BrN2O5/c1-19(10-11-24-14-7-5-13(18)6-8-14)16(21)12-25-17(22)15-4-2-3-9-20(15)23/h2-9H,10-12H2,1H3. The molecule has 8 heteroatoms. The molecule has 0 bridgehead atoms. The van der Waals surface area contributed by atoms with Crippen molar-refractivity contribution in [3.8, 4) is 5.75 Å². The molecule has 1 aromatic carbocycles. The molecule has 2 rings (SSSR count). The maximum absolute atomic E-state index is 12.0. The van der Waals surface area contributed by atoms with E-state index < -0.39 is 12.6 Å². The average Bonchev–Trinajstić information content (AvgIpc) is 2.61. The van der Waals surface area contributed by atoms with Crippen LogP contribution in [0.5, 0.6) is 5.75 Å². The van der Waals surface area contributed by atoms with Crippen molar-refractivity contribution in [2.24, 2.45) is 0 Å². The van der Waals surface area contributed by atoms with Gasteiger partial charge in [0, 0.05) is 23.7 Å². The number of ether oxygens (including phenoxy) is 2. The van der Waals surface area contributed by atoms with E-state index in [2.05, 4.69) is 15.9 Å². The molecule has 0 unspecified atom stereocenters. The molecule has 0 radical (unpaired) electrons. The Balaban J connectivity index is 1.73. The third-order valence-electron chi connectivity index (χ3n) is 3.29. The highest BCUT2D eigenvalue weighted by Gasteiger charge is 2.19. The van der Waals surface area contributed by atoms with Crippen LogP contribution in [0.4, 0.5) is 0 Å². The van der Waals surface area contributed by atoms with E-state index in [0.717, 1.165) is 4.47 Å². The smallest absolute Gasteiger partial charge is 0.405 e.